The summed E-state index contributed by atoms with van der Waals surface area (Å²) in [6, 6.07) is 8.02. The number of anilines is 2. The molecule has 0 aliphatic carbocycles. The molecule has 29 heavy (non-hydrogen) atoms. The largest absolute Gasteiger partial charge is 0.476 e. The van der Waals surface area contributed by atoms with Gasteiger partial charge in [0.05, 0.1) is 5.69 Å². The number of aromatic nitrogens is 3. The molecule has 0 aliphatic heterocycles. The summed E-state index contributed by atoms with van der Waals surface area (Å²) >= 11 is 0. The number of carbonyl (C=O) groups excluding carboxylic acids is 2. The summed E-state index contributed by atoms with van der Waals surface area (Å²) < 4.78 is 1.23. The molecule has 0 saturated heterocycles. The van der Waals surface area contributed by atoms with Crippen LogP contribution in [0.15, 0.2) is 48.9 Å². The third-order valence-electron chi connectivity index (χ3n) is 3.73. The van der Waals surface area contributed by atoms with Crippen molar-refractivity contribution < 1.29 is 19.5 Å². The lowest BCUT2D eigenvalue weighted by Gasteiger charge is -2.10. The monoisotopic (exact) mass is 391 g/mol. The highest BCUT2D eigenvalue weighted by atomic mass is 16.4. The number of nitrogens with one attached hydrogen (secondary N) is 2. The molecule has 3 heterocycles. The van der Waals surface area contributed by atoms with Gasteiger partial charge >= 0.3 is 12.0 Å². The van der Waals surface area contributed by atoms with Crippen molar-refractivity contribution >= 4 is 29.3 Å². The molecular formula is C18H13N7O4. The normalized spacial score (nSPS) is 10.0. The molecule has 11 heteroatoms. The molecule has 0 unspecified atom stereocenters. The molecule has 11 nitrogen and oxygen atoms in total. The minimum atomic E-state index is -1.31. The summed E-state index contributed by atoms with van der Waals surface area (Å²) in [5.41, 5.74) is 5.37. The van der Waals surface area contributed by atoms with Gasteiger partial charge in [0.1, 0.15) is 17.6 Å². The van der Waals surface area contributed by atoms with Crippen LogP contribution in [0.1, 0.15) is 26.5 Å². The van der Waals surface area contributed by atoms with Gasteiger partial charge in [-0.25, -0.2) is 19.6 Å². The van der Waals surface area contributed by atoms with Gasteiger partial charge in [0.2, 0.25) is 0 Å². The number of nitriles is 1. The van der Waals surface area contributed by atoms with Crippen LogP contribution in [-0.2, 0) is 0 Å². The standard InChI is InChI=1S/C18H13N7O4/c19-9-12-7-10(1-4-21-12)16(26)24-13-3-6-25(15(13)17(27)28)14-8-11(2-5-22-14)23-18(20)29/h1-8H,(H,24,26)(H,27,28)(H3,20,22,23,29). The van der Waals surface area contributed by atoms with E-state index in [1.54, 1.807) is 0 Å². The van der Waals surface area contributed by atoms with Crippen LogP contribution < -0.4 is 16.4 Å². The van der Waals surface area contributed by atoms with E-state index in [9.17, 15) is 19.5 Å². The summed E-state index contributed by atoms with van der Waals surface area (Å²) in [6.45, 7) is 0. The van der Waals surface area contributed by atoms with E-state index in [0.29, 0.717) is 5.69 Å². The third-order valence-corrected chi connectivity index (χ3v) is 3.73. The molecule has 3 aromatic rings. The van der Waals surface area contributed by atoms with Crippen molar-refractivity contribution in [3.63, 3.8) is 0 Å². The Kier molecular flexibility index (Phi) is 5.18. The Morgan fingerprint density at radius 3 is 2.55 bits per heavy atom. The number of nitrogens with zero attached hydrogens (tertiary/aromatic N) is 4. The van der Waals surface area contributed by atoms with Gasteiger partial charge in [0.25, 0.3) is 5.91 Å². The zero-order valence-electron chi connectivity index (χ0n) is 14.7. The molecule has 0 fully saturated rings. The van der Waals surface area contributed by atoms with Gasteiger partial charge in [0.15, 0.2) is 5.69 Å². The first-order valence-electron chi connectivity index (χ1n) is 8.04. The van der Waals surface area contributed by atoms with Crippen molar-refractivity contribution in [2.45, 2.75) is 0 Å². The summed E-state index contributed by atoms with van der Waals surface area (Å²) in [4.78, 5) is 43.1. The number of hydrogen-bond donors (Lipinski definition) is 4. The summed E-state index contributed by atoms with van der Waals surface area (Å²) in [7, 11) is 0. The van der Waals surface area contributed by atoms with E-state index in [-0.39, 0.29) is 28.5 Å². The molecule has 3 amide bonds. The Morgan fingerprint density at radius 1 is 1.10 bits per heavy atom. The van der Waals surface area contributed by atoms with E-state index in [1.165, 1.54) is 53.5 Å². The number of rotatable bonds is 5. The van der Waals surface area contributed by atoms with Crippen LogP contribution in [0.4, 0.5) is 16.2 Å². The topological polar surface area (TPSA) is 176 Å². The molecule has 0 spiro atoms. The Hall–Kier alpha value is -4.72. The molecule has 0 atom stereocenters. The molecule has 0 bridgehead atoms. The summed E-state index contributed by atoms with van der Waals surface area (Å²) in [5, 5.41) is 23.4. The van der Waals surface area contributed by atoms with Crippen LogP contribution in [0.2, 0.25) is 0 Å². The molecule has 0 aromatic carbocycles. The van der Waals surface area contributed by atoms with Gasteiger partial charge in [0, 0.05) is 35.9 Å². The summed E-state index contributed by atoms with van der Waals surface area (Å²) in [5.74, 6) is -1.74. The maximum Gasteiger partial charge on any atom is 0.355 e. The Balaban J connectivity index is 1.95. The minimum Gasteiger partial charge on any atom is -0.476 e. The lowest BCUT2D eigenvalue weighted by atomic mass is 10.2. The molecule has 0 saturated carbocycles. The fraction of sp³-hybridized carbons (Fsp3) is 0. The van der Waals surface area contributed by atoms with Crippen LogP contribution in [0.3, 0.4) is 0 Å². The van der Waals surface area contributed by atoms with Gasteiger partial charge in [-0.1, -0.05) is 0 Å². The van der Waals surface area contributed by atoms with Crippen molar-refractivity contribution in [3.8, 4) is 11.9 Å². The van der Waals surface area contributed by atoms with E-state index in [2.05, 4.69) is 20.6 Å². The minimum absolute atomic E-state index is 0.0212. The van der Waals surface area contributed by atoms with Gasteiger partial charge in [-0.3, -0.25) is 9.36 Å². The van der Waals surface area contributed by atoms with E-state index >= 15 is 0 Å². The van der Waals surface area contributed by atoms with Crippen LogP contribution >= 0.6 is 0 Å². The quantitative estimate of drug-likeness (QED) is 0.510. The highest BCUT2D eigenvalue weighted by Crippen LogP contribution is 2.23. The second kappa shape index (κ2) is 7.89. The first kappa shape index (κ1) is 19.1. The van der Waals surface area contributed by atoms with Crippen molar-refractivity contribution in [2.24, 2.45) is 5.73 Å². The fourth-order valence-electron chi connectivity index (χ4n) is 2.54. The van der Waals surface area contributed by atoms with Crippen LogP contribution in [0.25, 0.3) is 5.82 Å². The van der Waals surface area contributed by atoms with Crippen LogP contribution in [0.5, 0.6) is 0 Å². The average molecular weight is 391 g/mol. The van der Waals surface area contributed by atoms with Gasteiger partial charge in [-0.15, -0.1) is 0 Å². The average Bonchev–Trinajstić information content (AvgIpc) is 3.11. The highest BCUT2D eigenvalue weighted by molar-refractivity contribution is 6.07. The van der Waals surface area contributed by atoms with E-state index in [0.717, 1.165) is 0 Å². The number of pyridine rings is 2. The van der Waals surface area contributed by atoms with E-state index in [1.807, 2.05) is 6.07 Å². The highest BCUT2D eigenvalue weighted by Gasteiger charge is 2.20. The Morgan fingerprint density at radius 2 is 1.86 bits per heavy atom. The number of amides is 3. The Labute approximate surface area is 163 Å². The number of carboxylic acid groups (broad SMARTS) is 1. The van der Waals surface area contributed by atoms with Crippen molar-refractivity contribution in [3.05, 3.63) is 65.9 Å². The lowest BCUT2D eigenvalue weighted by Crippen LogP contribution is -2.19. The molecule has 3 aromatic heterocycles. The van der Waals surface area contributed by atoms with Crippen LogP contribution in [0, 0.1) is 11.3 Å². The van der Waals surface area contributed by atoms with E-state index in [4.69, 9.17) is 11.0 Å². The second-order valence-electron chi connectivity index (χ2n) is 5.64. The molecule has 144 valence electrons. The number of urea groups is 1. The molecule has 3 rings (SSSR count). The van der Waals surface area contributed by atoms with Crippen molar-refractivity contribution in [1.82, 2.24) is 14.5 Å². The number of primary amides is 1. The zero-order valence-corrected chi connectivity index (χ0v) is 14.7. The number of hydrogen-bond acceptors (Lipinski definition) is 6. The first-order valence-corrected chi connectivity index (χ1v) is 8.04. The second-order valence-corrected chi connectivity index (χ2v) is 5.64. The molecule has 0 radical (unpaired) electrons. The van der Waals surface area contributed by atoms with Gasteiger partial charge < -0.3 is 21.5 Å². The smallest absolute Gasteiger partial charge is 0.355 e. The predicted octanol–water partition coefficient (Wildman–Crippen LogP) is 1.58. The van der Waals surface area contributed by atoms with Gasteiger partial charge in [-0.05, 0) is 24.3 Å². The molecule has 0 aliphatic rings. The predicted molar refractivity (Wildman–Crippen MR) is 101 cm³/mol. The summed E-state index contributed by atoms with van der Waals surface area (Å²) in [6.07, 6.45) is 4.07. The van der Waals surface area contributed by atoms with Crippen molar-refractivity contribution in [1.29, 1.82) is 5.26 Å². The SMILES string of the molecule is N#Cc1cc(C(=O)Nc2ccn(-c3cc(NC(N)=O)ccn3)c2C(=O)O)ccn1. The van der Waals surface area contributed by atoms with Crippen molar-refractivity contribution in [2.75, 3.05) is 10.6 Å². The van der Waals surface area contributed by atoms with E-state index < -0.39 is 17.9 Å². The maximum atomic E-state index is 12.5. The Bertz CT molecular complexity index is 1160. The fourth-order valence-corrected chi connectivity index (χ4v) is 2.54. The number of carbonyl (C=O) groups is 3. The number of nitrogens with two attached hydrogens (primary N) is 1. The number of aromatic carboxylic acids is 1. The maximum absolute atomic E-state index is 12.5. The first-order chi connectivity index (χ1) is 13.9. The zero-order chi connectivity index (χ0) is 21.0. The number of carboxylic acids is 1. The van der Waals surface area contributed by atoms with Gasteiger partial charge in [-0.2, -0.15) is 5.26 Å². The molecule has 5 N–H and O–H groups in total. The lowest BCUT2D eigenvalue weighted by molar-refractivity contribution is 0.0689. The molecular weight excluding hydrogens is 378 g/mol. The third kappa shape index (κ3) is 4.17. The van der Waals surface area contributed by atoms with Crippen LogP contribution in [-0.4, -0.2) is 37.5 Å².